The van der Waals surface area contributed by atoms with E-state index in [9.17, 15) is 0 Å². The number of aromatic amines is 1. The van der Waals surface area contributed by atoms with Gasteiger partial charge in [0.15, 0.2) is 11.5 Å². The molecule has 2 rings (SSSR count). The Morgan fingerprint density at radius 1 is 1.40 bits per heavy atom. The highest BCUT2D eigenvalue weighted by molar-refractivity contribution is 5.82. The van der Waals surface area contributed by atoms with E-state index in [0.717, 1.165) is 17.0 Å². The Labute approximate surface area is 87.7 Å². The summed E-state index contributed by atoms with van der Waals surface area (Å²) >= 11 is 0. The van der Waals surface area contributed by atoms with Gasteiger partial charge < -0.3 is 10.3 Å². The van der Waals surface area contributed by atoms with Crippen LogP contribution in [0.5, 0.6) is 0 Å². The standard InChI is InChI=1S/C10H13N5/c1-6(2)7(3)15-10-8-9(12-4-11-8)13-5-14-10/h4-6H,3H2,1-2H3,(H2,11,12,13,14,15). The first-order valence-corrected chi connectivity index (χ1v) is 4.78. The summed E-state index contributed by atoms with van der Waals surface area (Å²) in [5.74, 6) is 1.08. The van der Waals surface area contributed by atoms with Crippen molar-refractivity contribution >= 4 is 17.0 Å². The van der Waals surface area contributed by atoms with Gasteiger partial charge in [0.1, 0.15) is 11.8 Å². The number of rotatable bonds is 3. The number of nitrogens with zero attached hydrogens (tertiary/aromatic N) is 3. The van der Waals surface area contributed by atoms with E-state index < -0.39 is 0 Å². The molecule has 0 aliphatic carbocycles. The third-order valence-corrected chi connectivity index (χ3v) is 2.20. The molecule has 0 radical (unpaired) electrons. The summed E-state index contributed by atoms with van der Waals surface area (Å²) in [6.07, 6.45) is 3.09. The maximum absolute atomic E-state index is 4.15. The van der Waals surface area contributed by atoms with Crippen molar-refractivity contribution in [2.24, 2.45) is 5.92 Å². The zero-order valence-electron chi connectivity index (χ0n) is 8.78. The molecular formula is C10H13N5. The summed E-state index contributed by atoms with van der Waals surface area (Å²) in [5.41, 5.74) is 2.38. The smallest absolute Gasteiger partial charge is 0.182 e. The van der Waals surface area contributed by atoms with Crippen LogP contribution in [0.25, 0.3) is 11.2 Å². The lowest BCUT2D eigenvalue weighted by molar-refractivity contribution is 0.777. The fourth-order valence-electron chi connectivity index (χ4n) is 1.16. The van der Waals surface area contributed by atoms with E-state index in [0.29, 0.717) is 11.6 Å². The molecule has 0 aliphatic rings. The van der Waals surface area contributed by atoms with Crippen LogP contribution in [0.2, 0.25) is 0 Å². The Bertz CT molecular complexity index is 485. The molecule has 0 bridgehead atoms. The molecule has 0 saturated heterocycles. The molecule has 2 heterocycles. The molecule has 0 unspecified atom stereocenters. The minimum atomic E-state index is 0.359. The van der Waals surface area contributed by atoms with Crippen molar-refractivity contribution in [3.63, 3.8) is 0 Å². The lowest BCUT2D eigenvalue weighted by Crippen LogP contribution is -2.06. The van der Waals surface area contributed by atoms with Crippen molar-refractivity contribution in [2.45, 2.75) is 13.8 Å². The van der Waals surface area contributed by atoms with E-state index in [2.05, 4.69) is 45.7 Å². The molecule has 0 saturated carbocycles. The Morgan fingerprint density at radius 3 is 2.93 bits per heavy atom. The van der Waals surface area contributed by atoms with Gasteiger partial charge in [-0.05, 0) is 5.92 Å². The van der Waals surface area contributed by atoms with Crippen molar-refractivity contribution in [1.82, 2.24) is 19.9 Å². The van der Waals surface area contributed by atoms with E-state index in [1.807, 2.05) is 0 Å². The van der Waals surface area contributed by atoms with Gasteiger partial charge in [-0.2, -0.15) is 0 Å². The van der Waals surface area contributed by atoms with Gasteiger partial charge in [0.25, 0.3) is 0 Å². The SMILES string of the molecule is C=C(Nc1ncnc2nc[nH]c12)C(C)C. The number of nitrogens with one attached hydrogen (secondary N) is 2. The van der Waals surface area contributed by atoms with Gasteiger partial charge in [-0.1, -0.05) is 20.4 Å². The number of allylic oxidation sites excluding steroid dienone is 1. The topological polar surface area (TPSA) is 66.5 Å². The summed E-state index contributed by atoms with van der Waals surface area (Å²) < 4.78 is 0. The van der Waals surface area contributed by atoms with Crippen LogP contribution in [0.1, 0.15) is 13.8 Å². The molecule has 0 fully saturated rings. The van der Waals surface area contributed by atoms with Gasteiger partial charge >= 0.3 is 0 Å². The first-order valence-electron chi connectivity index (χ1n) is 4.78. The number of hydrogen-bond donors (Lipinski definition) is 2. The van der Waals surface area contributed by atoms with Crippen molar-refractivity contribution in [3.8, 4) is 0 Å². The number of imidazole rings is 1. The minimum absolute atomic E-state index is 0.359. The Balaban J connectivity index is 2.35. The van der Waals surface area contributed by atoms with E-state index in [4.69, 9.17) is 0 Å². The Hall–Kier alpha value is -1.91. The fraction of sp³-hybridized carbons (Fsp3) is 0.300. The molecule has 5 heteroatoms. The first-order chi connectivity index (χ1) is 7.18. The summed E-state index contributed by atoms with van der Waals surface area (Å²) in [4.78, 5) is 15.2. The Kier molecular flexibility index (Phi) is 2.37. The average molecular weight is 203 g/mol. The van der Waals surface area contributed by atoms with E-state index in [1.54, 1.807) is 6.33 Å². The second-order valence-corrected chi connectivity index (χ2v) is 3.63. The summed E-state index contributed by atoms with van der Waals surface area (Å²) in [5, 5.41) is 3.15. The van der Waals surface area contributed by atoms with Crippen LogP contribution in [0, 0.1) is 5.92 Å². The molecular weight excluding hydrogens is 190 g/mol. The third-order valence-electron chi connectivity index (χ3n) is 2.20. The molecule has 2 aromatic rings. The fourth-order valence-corrected chi connectivity index (χ4v) is 1.16. The van der Waals surface area contributed by atoms with E-state index in [-0.39, 0.29) is 0 Å². The predicted molar refractivity (Wildman–Crippen MR) is 59.3 cm³/mol. The zero-order valence-corrected chi connectivity index (χ0v) is 8.78. The number of hydrogen-bond acceptors (Lipinski definition) is 4. The van der Waals surface area contributed by atoms with E-state index >= 15 is 0 Å². The van der Waals surface area contributed by atoms with Crippen LogP contribution in [0.4, 0.5) is 5.82 Å². The van der Waals surface area contributed by atoms with Crippen LogP contribution in [0.15, 0.2) is 24.9 Å². The molecule has 15 heavy (non-hydrogen) atoms. The normalized spacial score (nSPS) is 10.9. The number of aromatic nitrogens is 4. The first kappa shape index (κ1) is 9.64. The molecule has 2 N–H and O–H groups in total. The van der Waals surface area contributed by atoms with Crippen LogP contribution in [-0.2, 0) is 0 Å². The van der Waals surface area contributed by atoms with Gasteiger partial charge in [-0.15, -0.1) is 0 Å². The summed E-state index contributed by atoms with van der Waals surface area (Å²) in [6, 6.07) is 0. The molecule has 0 amide bonds. The monoisotopic (exact) mass is 203 g/mol. The number of fused-ring (bicyclic) bond motifs is 1. The van der Waals surface area contributed by atoms with Crippen molar-refractivity contribution < 1.29 is 0 Å². The zero-order chi connectivity index (χ0) is 10.8. The lowest BCUT2D eigenvalue weighted by atomic mass is 10.1. The largest absolute Gasteiger partial charge is 0.342 e. The maximum Gasteiger partial charge on any atom is 0.182 e. The lowest BCUT2D eigenvalue weighted by Gasteiger charge is -2.11. The third kappa shape index (κ3) is 1.81. The number of anilines is 1. The van der Waals surface area contributed by atoms with Crippen molar-refractivity contribution in [2.75, 3.05) is 5.32 Å². The molecule has 0 atom stereocenters. The van der Waals surface area contributed by atoms with Crippen molar-refractivity contribution in [3.05, 3.63) is 24.9 Å². The van der Waals surface area contributed by atoms with Gasteiger partial charge in [0.2, 0.25) is 0 Å². The highest BCUT2D eigenvalue weighted by Crippen LogP contribution is 2.18. The van der Waals surface area contributed by atoms with Crippen LogP contribution in [0.3, 0.4) is 0 Å². The molecule has 0 aromatic carbocycles. The van der Waals surface area contributed by atoms with E-state index in [1.165, 1.54) is 6.33 Å². The highest BCUT2D eigenvalue weighted by atomic mass is 15.1. The predicted octanol–water partition coefficient (Wildman–Crippen LogP) is 1.93. The van der Waals surface area contributed by atoms with Gasteiger partial charge in [-0.25, -0.2) is 15.0 Å². The number of H-pyrrole nitrogens is 1. The van der Waals surface area contributed by atoms with Gasteiger partial charge in [-0.3, -0.25) is 0 Å². The van der Waals surface area contributed by atoms with Gasteiger partial charge in [0, 0.05) is 5.70 Å². The summed E-state index contributed by atoms with van der Waals surface area (Å²) in [6.45, 7) is 8.08. The maximum atomic E-state index is 4.15. The molecule has 78 valence electrons. The highest BCUT2D eigenvalue weighted by Gasteiger charge is 2.07. The second kappa shape index (κ2) is 3.68. The van der Waals surface area contributed by atoms with Crippen molar-refractivity contribution in [1.29, 1.82) is 0 Å². The molecule has 0 spiro atoms. The van der Waals surface area contributed by atoms with Crippen LogP contribution < -0.4 is 5.32 Å². The molecule has 0 aliphatic heterocycles. The Morgan fingerprint density at radius 2 is 2.20 bits per heavy atom. The van der Waals surface area contributed by atoms with Gasteiger partial charge in [0.05, 0.1) is 6.33 Å². The molecule has 5 nitrogen and oxygen atoms in total. The van der Waals surface area contributed by atoms with Crippen LogP contribution >= 0.6 is 0 Å². The second-order valence-electron chi connectivity index (χ2n) is 3.63. The summed E-state index contributed by atoms with van der Waals surface area (Å²) in [7, 11) is 0. The minimum Gasteiger partial charge on any atom is -0.342 e. The molecule has 2 aromatic heterocycles. The quantitative estimate of drug-likeness (QED) is 0.800. The van der Waals surface area contributed by atoms with Crippen LogP contribution in [-0.4, -0.2) is 19.9 Å². The average Bonchev–Trinajstić information content (AvgIpc) is 2.66.